The molecule has 2 rings (SSSR count). The number of hydrogen-bond donors (Lipinski definition) is 0. The second kappa shape index (κ2) is 4.42. The summed E-state index contributed by atoms with van der Waals surface area (Å²) in [6.45, 7) is 0. The molecule has 0 unspecified atom stereocenters. The van der Waals surface area contributed by atoms with Gasteiger partial charge >= 0.3 is 0 Å². The predicted octanol–water partition coefficient (Wildman–Crippen LogP) is 4.41. The van der Waals surface area contributed by atoms with Crippen LogP contribution in [0.4, 0.5) is 0 Å². The molecular formula is C9H4BrIOS2. The molecule has 72 valence electrons. The lowest BCUT2D eigenvalue weighted by atomic mass is 10.2. The molecule has 0 aliphatic carbocycles. The van der Waals surface area contributed by atoms with Crippen molar-refractivity contribution in [2.24, 2.45) is 0 Å². The first-order valence-corrected chi connectivity index (χ1v) is 7.33. The van der Waals surface area contributed by atoms with Gasteiger partial charge in [0.1, 0.15) is 0 Å². The maximum absolute atomic E-state index is 11.9. The molecule has 0 aliphatic rings. The Balaban J connectivity index is 2.38. The van der Waals surface area contributed by atoms with Gasteiger partial charge in [0.05, 0.1) is 7.76 Å². The summed E-state index contributed by atoms with van der Waals surface area (Å²) in [5.74, 6) is 0.103. The van der Waals surface area contributed by atoms with Gasteiger partial charge in [-0.3, -0.25) is 4.79 Å². The zero-order valence-corrected chi connectivity index (χ0v) is 12.2. The third-order valence-corrected chi connectivity index (χ3v) is 5.28. The monoisotopic (exact) mass is 398 g/mol. The number of carbonyl (C=O) groups is 1. The van der Waals surface area contributed by atoms with Crippen LogP contribution in [-0.2, 0) is 0 Å². The predicted molar refractivity (Wildman–Crippen MR) is 72.5 cm³/mol. The first-order chi connectivity index (χ1) is 6.68. The van der Waals surface area contributed by atoms with Crippen molar-refractivity contribution in [3.05, 3.63) is 40.7 Å². The second-order valence-electron chi connectivity index (χ2n) is 2.57. The van der Waals surface area contributed by atoms with Crippen molar-refractivity contribution >= 4 is 67.0 Å². The van der Waals surface area contributed by atoms with Gasteiger partial charge in [-0.2, -0.15) is 0 Å². The highest BCUT2D eigenvalue weighted by Gasteiger charge is 2.14. The van der Waals surface area contributed by atoms with Gasteiger partial charge in [-0.15, -0.1) is 22.7 Å². The second-order valence-corrected chi connectivity index (χ2v) is 7.14. The molecule has 0 spiro atoms. The van der Waals surface area contributed by atoms with Gasteiger partial charge in [0.25, 0.3) is 0 Å². The van der Waals surface area contributed by atoms with Gasteiger partial charge in [0, 0.05) is 15.4 Å². The fourth-order valence-electron chi connectivity index (χ4n) is 1.02. The van der Waals surface area contributed by atoms with E-state index in [2.05, 4.69) is 38.5 Å². The van der Waals surface area contributed by atoms with Crippen molar-refractivity contribution in [1.82, 2.24) is 0 Å². The Kier molecular flexibility index (Phi) is 3.41. The van der Waals surface area contributed by atoms with Crippen LogP contribution in [0.2, 0.25) is 0 Å². The highest BCUT2D eigenvalue weighted by Crippen LogP contribution is 2.27. The largest absolute Gasteiger partial charge is 0.288 e. The van der Waals surface area contributed by atoms with Crippen LogP contribution in [0.5, 0.6) is 0 Å². The zero-order valence-electron chi connectivity index (χ0n) is 6.79. The lowest BCUT2D eigenvalue weighted by Gasteiger charge is -1.93. The SMILES string of the molecule is O=C(c1csc(I)c1)c1sccc1Br. The van der Waals surface area contributed by atoms with Crippen LogP contribution in [0.1, 0.15) is 15.2 Å². The van der Waals surface area contributed by atoms with Crippen molar-refractivity contribution in [3.63, 3.8) is 0 Å². The van der Waals surface area contributed by atoms with Crippen LogP contribution in [0, 0.1) is 2.88 Å². The summed E-state index contributed by atoms with van der Waals surface area (Å²) in [5, 5.41) is 3.81. The van der Waals surface area contributed by atoms with E-state index in [1.807, 2.05) is 22.9 Å². The molecule has 2 aromatic heterocycles. The van der Waals surface area contributed by atoms with Crippen molar-refractivity contribution in [2.75, 3.05) is 0 Å². The lowest BCUT2D eigenvalue weighted by molar-refractivity contribution is 0.104. The Bertz CT molecular complexity index is 475. The molecule has 1 nitrogen and oxygen atoms in total. The van der Waals surface area contributed by atoms with Gasteiger partial charge in [-0.1, -0.05) is 0 Å². The number of halogens is 2. The summed E-state index contributed by atoms with van der Waals surface area (Å²) in [5.41, 5.74) is 0.780. The van der Waals surface area contributed by atoms with E-state index in [1.54, 1.807) is 11.3 Å². The van der Waals surface area contributed by atoms with Crippen LogP contribution in [0.3, 0.4) is 0 Å². The molecule has 0 fully saturated rings. The van der Waals surface area contributed by atoms with Gasteiger partial charge in [-0.25, -0.2) is 0 Å². The fraction of sp³-hybridized carbons (Fsp3) is 0. The van der Waals surface area contributed by atoms with E-state index in [0.717, 1.165) is 17.8 Å². The fourth-order valence-corrected chi connectivity index (χ4v) is 3.86. The van der Waals surface area contributed by atoms with Crippen molar-refractivity contribution < 1.29 is 4.79 Å². The Hall–Kier alpha value is 0.280. The van der Waals surface area contributed by atoms with E-state index in [1.165, 1.54) is 11.3 Å². The van der Waals surface area contributed by atoms with Gasteiger partial charge in [0.2, 0.25) is 5.78 Å². The molecule has 0 saturated heterocycles. The quantitative estimate of drug-likeness (QED) is 0.541. The average Bonchev–Trinajstić information content (AvgIpc) is 2.73. The Morgan fingerprint density at radius 2 is 2.21 bits per heavy atom. The molecular weight excluding hydrogens is 395 g/mol. The van der Waals surface area contributed by atoms with E-state index in [0.29, 0.717) is 0 Å². The molecule has 0 aromatic carbocycles. The smallest absolute Gasteiger partial charge is 0.204 e. The van der Waals surface area contributed by atoms with Gasteiger partial charge in [-0.05, 0) is 56.0 Å². The third-order valence-electron chi connectivity index (χ3n) is 1.65. The molecule has 0 radical (unpaired) electrons. The summed E-state index contributed by atoms with van der Waals surface area (Å²) in [4.78, 5) is 12.7. The standard InChI is InChI=1S/C9H4BrIOS2/c10-6-1-2-13-9(6)8(12)5-3-7(11)14-4-5/h1-4H. The summed E-state index contributed by atoms with van der Waals surface area (Å²) in [6.07, 6.45) is 0. The molecule has 2 aromatic rings. The van der Waals surface area contributed by atoms with Crippen LogP contribution < -0.4 is 0 Å². The molecule has 0 aliphatic heterocycles. The van der Waals surface area contributed by atoms with Crippen molar-refractivity contribution in [3.8, 4) is 0 Å². The molecule has 14 heavy (non-hydrogen) atoms. The average molecular weight is 399 g/mol. The van der Waals surface area contributed by atoms with Gasteiger partial charge < -0.3 is 0 Å². The van der Waals surface area contributed by atoms with Crippen LogP contribution in [0.25, 0.3) is 0 Å². The summed E-state index contributed by atoms with van der Waals surface area (Å²) < 4.78 is 2.02. The zero-order chi connectivity index (χ0) is 10.1. The third kappa shape index (κ3) is 2.10. The minimum Gasteiger partial charge on any atom is -0.288 e. The Morgan fingerprint density at radius 3 is 2.71 bits per heavy atom. The van der Waals surface area contributed by atoms with Crippen molar-refractivity contribution in [1.29, 1.82) is 0 Å². The maximum Gasteiger partial charge on any atom is 0.204 e. The molecule has 2 heterocycles. The van der Waals surface area contributed by atoms with Crippen LogP contribution in [0.15, 0.2) is 27.4 Å². The molecule has 0 saturated carbocycles. The number of hydrogen-bond acceptors (Lipinski definition) is 3. The topological polar surface area (TPSA) is 17.1 Å². The van der Waals surface area contributed by atoms with E-state index < -0.39 is 0 Å². The Morgan fingerprint density at radius 1 is 1.43 bits per heavy atom. The number of rotatable bonds is 2. The minimum atomic E-state index is 0.103. The molecule has 0 bridgehead atoms. The minimum absolute atomic E-state index is 0.103. The van der Waals surface area contributed by atoms with E-state index in [9.17, 15) is 4.79 Å². The van der Waals surface area contributed by atoms with E-state index >= 15 is 0 Å². The highest BCUT2D eigenvalue weighted by atomic mass is 127. The summed E-state index contributed by atoms with van der Waals surface area (Å²) in [6, 6.07) is 3.81. The molecule has 0 N–H and O–H groups in total. The normalized spacial score (nSPS) is 10.4. The summed E-state index contributed by atoms with van der Waals surface area (Å²) in [7, 11) is 0. The summed E-state index contributed by atoms with van der Waals surface area (Å²) >= 11 is 8.64. The van der Waals surface area contributed by atoms with E-state index in [-0.39, 0.29) is 5.78 Å². The van der Waals surface area contributed by atoms with E-state index in [4.69, 9.17) is 0 Å². The first-order valence-electron chi connectivity index (χ1n) is 3.70. The number of thiophene rings is 2. The van der Waals surface area contributed by atoms with Crippen LogP contribution >= 0.6 is 61.2 Å². The molecule has 5 heteroatoms. The van der Waals surface area contributed by atoms with Crippen LogP contribution in [-0.4, -0.2) is 5.78 Å². The van der Waals surface area contributed by atoms with Crippen molar-refractivity contribution in [2.45, 2.75) is 0 Å². The molecule has 0 atom stereocenters. The number of carbonyl (C=O) groups excluding carboxylic acids is 1. The lowest BCUT2D eigenvalue weighted by Crippen LogP contribution is -1.96. The highest BCUT2D eigenvalue weighted by molar-refractivity contribution is 14.1. The molecule has 0 amide bonds. The first kappa shape index (κ1) is 10.8. The maximum atomic E-state index is 11.9. The van der Waals surface area contributed by atoms with Gasteiger partial charge in [0.15, 0.2) is 0 Å². The Labute approximate surface area is 111 Å². The number of ketones is 1.